The third-order valence-electron chi connectivity index (χ3n) is 4.54. The second-order valence-corrected chi connectivity index (χ2v) is 7.26. The first-order valence-corrected chi connectivity index (χ1v) is 8.33. The topological polar surface area (TPSA) is 72.5 Å². The number of fused-ring (bicyclic) bond motifs is 3. The Morgan fingerprint density at radius 1 is 1.12 bits per heavy atom. The summed E-state index contributed by atoms with van der Waals surface area (Å²) in [5.74, 6) is -1.65. The Kier molecular flexibility index (Phi) is 4.40. The maximum Gasteiger partial charge on any atom is 0.508 e. The Bertz CT molecular complexity index is 527. The zero-order valence-corrected chi connectivity index (χ0v) is 14.9. The molecule has 0 N–H and O–H groups in total. The van der Waals surface area contributed by atoms with Crippen molar-refractivity contribution in [2.24, 2.45) is 5.92 Å². The molecule has 3 aliphatic rings. The maximum atomic E-state index is 11.8. The maximum absolute atomic E-state index is 11.8. The van der Waals surface area contributed by atoms with Gasteiger partial charge in [-0.1, -0.05) is 6.58 Å². The van der Waals surface area contributed by atoms with Crippen molar-refractivity contribution in [2.45, 2.75) is 70.6 Å². The van der Waals surface area contributed by atoms with E-state index in [1.54, 1.807) is 6.92 Å². The fourth-order valence-electron chi connectivity index (χ4n) is 3.57. The Hall–Kier alpha value is -1.15. The van der Waals surface area contributed by atoms with Gasteiger partial charge in [0.15, 0.2) is 17.7 Å². The normalized spacial score (nSPS) is 39.7. The second kappa shape index (κ2) is 5.98. The van der Waals surface area contributed by atoms with Crippen molar-refractivity contribution in [1.29, 1.82) is 0 Å². The van der Waals surface area contributed by atoms with Gasteiger partial charge in [-0.25, -0.2) is 4.79 Å². The molecule has 3 fully saturated rings. The average molecular weight is 342 g/mol. The van der Waals surface area contributed by atoms with E-state index in [4.69, 9.17) is 28.4 Å². The number of carbonyl (C=O) groups is 1. The lowest BCUT2D eigenvalue weighted by atomic mass is 9.77. The van der Waals surface area contributed by atoms with Gasteiger partial charge in [-0.05, 0) is 40.2 Å². The molecule has 0 spiro atoms. The summed E-state index contributed by atoms with van der Waals surface area (Å²) in [6, 6.07) is 0. The van der Waals surface area contributed by atoms with Gasteiger partial charge in [0.05, 0.1) is 19.3 Å². The summed E-state index contributed by atoms with van der Waals surface area (Å²) in [5, 5.41) is 0. The van der Waals surface area contributed by atoms with Crippen molar-refractivity contribution < 1.29 is 33.2 Å². The van der Waals surface area contributed by atoms with Crippen LogP contribution in [0.1, 0.15) is 34.6 Å². The van der Waals surface area contributed by atoms with E-state index in [2.05, 4.69) is 6.58 Å². The molecule has 1 unspecified atom stereocenters. The van der Waals surface area contributed by atoms with Gasteiger partial charge in [0.2, 0.25) is 0 Å². The van der Waals surface area contributed by atoms with Crippen LogP contribution in [0.3, 0.4) is 0 Å². The second-order valence-electron chi connectivity index (χ2n) is 7.26. The Balaban J connectivity index is 1.87. The fourth-order valence-corrected chi connectivity index (χ4v) is 3.57. The molecule has 136 valence electrons. The van der Waals surface area contributed by atoms with Crippen LogP contribution in [0.2, 0.25) is 0 Å². The summed E-state index contributed by atoms with van der Waals surface area (Å²) in [4.78, 5) is 11.8. The highest BCUT2D eigenvalue weighted by Gasteiger charge is 2.60. The largest absolute Gasteiger partial charge is 0.508 e. The molecule has 5 atom stereocenters. The Morgan fingerprint density at radius 3 is 2.42 bits per heavy atom. The van der Waals surface area contributed by atoms with Gasteiger partial charge < -0.3 is 28.4 Å². The van der Waals surface area contributed by atoms with E-state index < -0.39 is 29.9 Å². The summed E-state index contributed by atoms with van der Waals surface area (Å²) in [6.07, 6.45) is -2.54. The number of ether oxygens (including phenoxy) is 6. The van der Waals surface area contributed by atoms with E-state index in [-0.39, 0.29) is 24.7 Å². The van der Waals surface area contributed by atoms with Gasteiger partial charge in [-0.3, -0.25) is 0 Å². The highest BCUT2D eigenvalue weighted by Crippen LogP contribution is 2.46. The van der Waals surface area contributed by atoms with Gasteiger partial charge in [-0.2, -0.15) is 0 Å². The molecule has 2 aliphatic heterocycles. The number of carbonyl (C=O) groups excluding carboxylic acids is 1. The molecule has 7 heteroatoms. The van der Waals surface area contributed by atoms with Crippen molar-refractivity contribution in [3.8, 4) is 0 Å². The quantitative estimate of drug-likeness (QED) is 0.563. The summed E-state index contributed by atoms with van der Waals surface area (Å²) in [7, 11) is 0. The van der Waals surface area contributed by atoms with Crippen molar-refractivity contribution in [2.75, 3.05) is 13.2 Å². The molecule has 0 aromatic carbocycles. The molecule has 0 aromatic heterocycles. The third kappa shape index (κ3) is 3.18. The van der Waals surface area contributed by atoms with Crippen LogP contribution in [-0.2, 0) is 28.4 Å². The van der Waals surface area contributed by atoms with Crippen LogP contribution in [0.5, 0.6) is 0 Å². The minimum Gasteiger partial charge on any atom is -0.435 e. The zero-order chi connectivity index (χ0) is 17.7. The summed E-state index contributed by atoms with van der Waals surface area (Å²) < 4.78 is 34.3. The van der Waals surface area contributed by atoms with Crippen LogP contribution in [0.25, 0.3) is 0 Å². The number of rotatable bonds is 2. The molecule has 1 aliphatic carbocycles. The highest BCUT2D eigenvalue weighted by atomic mass is 16.8. The van der Waals surface area contributed by atoms with Gasteiger partial charge in [0.25, 0.3) is 0 Å². The van der Waals surface area contributed by atoms with Gasteiger partial charge in [-0.15, -0.1) is 0 Å². The first-order valence-electron chi connectivity index (χ1n) is 8.33. The monoisotopic (exact) mass is 342 g/mol. The highest BCUT2D eigenvalue weighted by molar-refractivity contribution is 5.60. The molecule has 2 heterocycles. The van der Waals surface area contributed by atoms with Crippen LogP contribution in [0.4, 0.5) is 4.79 Å². The van der Waals surface area contributed by atoms with Gasteiger partial charge >= 0.3 is 6.16 Å². The molecular weight excluding hydrogens is 316 g/mol. The minimum absolute atomic E-state index is 0.142. The summed E-state index contributed by atoms with van der Waals surface area (Å²) in [5.41, 5.74) is 0.700. The molecule has 7 nitrogen and oxygen atoms in total. The van der Waals surface area contributed by atoms with Crippen LogP contribution in [0, 0.1) is 5.92 Å². The molecule has 0 bridgehead atoms. The summed E-state index contributed by atoms with van der Waals surface area (Å²) >= 11 is 0. The first-order chi connectivity index (χ1) is 11.1. The first kappa shape index (κ1) is 17.7. The lowest BCUT2D eigenvalue weighted by molar-refractivity contribution is -0.313. The van der Waals surface area contributed by atoms with Crippen LogP contribution >= 0.6 is 0 Å². The van der Waals surface area contributed by atoms with Crippen molar-refractivity contribution >= 4 is 6.16 Å². The van der Waals surface area contributed by atoms with Crippen molar-refractivity contribution in [3.05, 3.63) is 12.2 Å². The van der Waals surface area contributed by atoms with E-state index in [9.17, 15) is 4.79 Å². The number of hydrogen-bond acceptors (Lipinski definition) is 7. The lowest BCUT2D eigenvalue weighted by Gasteiger charge is -2.49. The van der Waals surface area contributed by atoms with Crippen molar-refractivity contribution in [1.82, 2.24) is 0 Å². The van der Waals surface area contributed by atoms with Gasteiger partial charge in [0, 0.05) is 5.92 Å². The van der Waals surface area contributed by atoms with Crippen molar-refractivity contribution in [3.63, 3.8) is 0 Å². The zero-order valence-electron chi connectivity index (χ0n) is 14.9. The van der Waals surface area contributed by atoms with E-state index >= 15 is 0 Å². The van der Waals surface area contributed by atoms with E-state index in [0.29, 0.717) is 12.2 Å². The van der Waals surface area contributed by atoms with Crippen LogP contribution in [0.15, 0.2) is 12.2 Å². The predicted octanol–water partition coefficient (Wildman–Crippen LogP) is 2.39. The van der Waals surface area contributed by atoms with Gasteiger partial charge in [0.1, 0.15) is 12.2 Å². The van der Waals surface area contributed by atoms with E-state index in [1.165, 1.54) is 0 Å². The van der Waals surface area contributed by atoms with Crippen LogP contribution in [-0.4, -0.2) is 55.4 Å². The molecule has 0 aromatic rings. The number of hydrogen-bond donors (Lipinski definition) is 0. The average Bonchev–Trinajstić information content (AvgIpc) is 2.78. The SMILES string of the molecule is C=C1C(OC(=O)OCC)[C@H]2OC(C)(C)O[C@H]2[C@@H]2OC(C)(C)OC[C@H]12. The Labute approximate surface area is 142 Å². The molecule has 1 saturated carbocycles. The predicted molar refractivity (Wildman–Crippen MR) is 83.3 cm³/mol. The molecular formula is C17H26O7. The Morgan fingerprint density at radius 2 is 1.75 bits per heavy atom. The summed E-state index contributed by atoms with van der Waals surface area (Å²) in [6.45, 7) is 13.9. The molecule has 3 rings (SSSR count). The smallest absolute Gasteiger partial charge is 0.435 e. The van der Waals surface area contributed by atoms with E-state index in [0.717, 1.165) is 0 Å². The molecule has 0 radical (unpaired) electrons. The minimum atomic E-state index is -0.799. The molecule has 24 heavy (non-hydrogen) atoms. The van der Waals surface area contributed by atoms with E-state index in [1.807, 2.05) is 27.7 Å². The fraction of sp³-hybridized carbons (Fsp3) is 0.824. The third-order valence-corrected chi connectivity index (χ3v) is 4.54. The lowest BCUT2D eigenvalue weighted by Crippen LogP contribution is -2.61. The molecule has 0 amide bonds. The van der Waals surface area contributed by atoms with Crippen LogP contribution < -0.4 is 0 Å². The molecule has 2 saturated heterocycles. The standard InChI is InChI=1S/C17H26O7/c1-7-19-15(18)21-11-9(2)10-8-20-16(3,4)22-12(10)14-13(11)23-17(5,6)24-14/h10-14H,2,7-8H2,1,3-6H3/t10-,11?,12-,13-,14+/m1/s1.